The Hall–Kier alpha value is -2.26. The minimum atomic E-state index is -0.553. The maximum atomic E-state index is 10.9. The van der Waals surface area contributed by atoms with Crippen LogP contribution in [0.15, 0.2) is 34.9 Å². The Labute approximate surface area is 122 Å². The fourth-order valence-corrected chi connectivity index (χ4v) is 1.95. The first-order chi connectivity index (χ1) is 9.61. The summed E-state index contributed by atoms with van der Waals surface area (Å²) in [5.74, 6) is 5.40. The van der Waals surface area contributed by atoms with Crippen LogP contribution in [-0.4, -0.2) is 14.9 Å². The van der Waals surface area contributed by atoms with E-state index in [2.05, 4.69) is 36.6 Å². The predicted octanol–water partition coefficient (Wildman–Crippen LogP) is 2.04. The molecule has 0 aliphatic carbocycles. The molecule has 0 bridgehead atoms. The minimum Gasteiger partial charge on any atom is -0.360 e. The number of benzene rings is 1. The average Bonchev–Trinajstić information content (AvgIpc) is 2.46. The van der Waals surface area contributed by atoms with Gasteiger partial charge in [0, 0.05) is 11.0 Å². The Morgan fingerprint density at radius 3 is 2.80 bits per heavy atom. The highest BCUT2D eigenvalue weighted by atomic mass is 79.9. The van der Waals surface area contributed by atoms with Crippen molar-refractivity contribution >= 4 is 33.4 Å². The molecule has 1 heterocycles. The number of nitrogens with two attached hydrogens (primary N) is 1. The first-order valence-electron chi connectivity index (χ1n) is 5.57. The largest absolute Gasteiger partial charge is 0.360 e. The topological polar surface area (TPSA) is 119 Å². The second-order valence-corrected chi connectivity index (χ2v) is 4.63. The third-order valence-electron chi connectivity index (χ3n) is 2.50. The lowest BCUT2D eigenvalue weighted by Crippen LogP contribution is -2.13. The molecule has 0 unspecified atom stereocenters. The number of hydrogen-bond donors (Lipinski definition) is 3. The first kappa shape index (κ1) is 14.2. The summed E-state index contributed by atoms with van der Waals surface area (Å²) in [6.45, 7) is 0.378. The summed E-state index contributed by atoms with van der Waals surface area (Å²) in [5, 5.41) is 13.8. The summed E-state index contributed by atoms with van der Waals surface area (Å²) in [6.07, 6.45) is 1.10. The maximum Gasteiger partial charge on any atom is 0.329 e. The number of nitrogens with one attached hydrogen (secondary N) is 2. The molecule has 104 valence electrons. The van der Waals surface area contributed by atoms with Crippen molar-refractivity contribution in [3.63, 3.8) is 0 Å². The van der Waals surface area contributed by atoms with Crippen LogP contribution in [0.3, 0.4) is 0 Å². The van der Waals surface area contributed by atoms with E-state index < -0.39 is 4.92 Å². The summed E-state index contributed by atoms with van der Waals surface area (Å²) >= 11 is 3.41. The molecule has 1 aromatic heterocycles. The van der Waals surface area contributed by atoms with Gasteiger partial charge in [-0.1, -0.05) is 34.1 Å². The number of hydrogen-bond acceptors (Lipinski definition) is 7. The van der Waals surface area contributed by atoms with Gasteiger partial charge in [-0.3, -0.25) is 15.5 Å². The van der Waals surface area contributed by atoms with Crippen LogP contribution in [0.25, 0.3) is 0 Å². The Balaban J connectivity index is 2.24. The van der Waals surface area contributed by atoms with E-state index in [1.165, 1.54) is 0 Å². The molecule has 0 spiro atoms. The van der Waals surface area contributed by atoms with Gasteiger partial charge in [-0.05, 0) is 11.6 Å². The van der Waals surface area contributed by atoms with Crippen molar-refractivity contribution in [2.45, 2.75) is 6.54 Å². The highest BCUT2D eigenvalue weighted by Gasteiger charge is 2.17. The third kappa shape index (κ3) is 3.19. The molecule has 4 N–H and O–H groups in total. The van der Waals surface area contributed by atoms with Crippen molar-refractivity contribution < 1.29 is 4.92 Å². The van der Waals surface area contributed by atoms with Gasteiger partial charge in [0.15, 0.2) is 0 Å². The number of nitrogens with zero attached hydrogens (tertiary/aromatic N) is 3. The fourth-order valence-electron chi connectivity index (χ4n) is 1.53. The highest BCUT2D eigenvalue weighted by molar-refractivity contribution is 9.10. The number of halogens is 1. The van der Waals surface area contributed by atoms with Crippen molar-refractivity contribution in [1.29, 1.82) is 0 Å². The fraction of sp³-hybridized carbons (Fsp3) is 0.0909. The summed E-state index contributed by atoms with van der Waals surface area (Å²) in [4.78, 5) is 18.0. The quantitative estimate of drug-likeness (QED) is 0.433. The second kappa shape index (κ2) is 6.26. The summed E-state index contributed by atoms with van der Waals surface area (Å²) < 4.78 is 0.904. The number of anilines is 2. The van der Waals surface area contributed by atoms with Gasteiger partial charge < -0.3 is 5.32 Å². The number of hydrazine groups is 1. The van der Waals surface area contributed by atoms with Gasteiger partial charge in [-0.2, -0.15) is 4.98 Å². The van der Waals surface area contributed by atoms with Gasteiger partial charge in [0.25, 0.3) is 0 Å². The Bertz CT molecular complexity index is 636. The zero-order valence-electron chi connectivity index (χ0n) is 10.2. The molecule has 9 heteroatoms. The van der Waals surface area contributed by atoms with E-state index in [1.54, 1.807) is 0 Å². The molecule has 0 aliphatic rings. The molecule has 0 saturated heterocycles. The van der Waals surface area contributed by atoms with Crippen molar-refractivity contribution in [3.05, 3.63) is 50.6 Å². The zero-order chi connectivity index (χ0) is 14.5. The molecular weight excluding hydrogens is 328 g/mol. The third-order valence-corrected chi connectivity index (χ3v) is 3.27. The Kier molecular flexibility index (Phi) is 4.43. The van der Waals surface area contributed by atoms with E-state index in [0.717, 1.165) is 16.2 Å². The van der Waals surface area contributed by atoms with Crippen LogP contribution in [0.4, 0.5) is 17.5 Å². The van der Waals surface area contributed by atoms with E-state index in [4.69, 9.17) is 5.84 Å². The number of nitrogen functional groups attached to an aromatic ring is 1. The van der Waals surface area contributed by atoms with Crippen LogP contribution in [0, 0.1) is 10.1 Å². The van der Waals surface area contributed by atoms with Crippen molar-refractivity contribution in [1.82, 2.24) is 9.97 Å². The lowest BCUT2D eigenvalue weighted by Gasteiger charge is -2.08. The van der Waals surface area contributed by atoms with E-state index >= 15 is 0 Å². The van der Waals surface area contributed by atoms with E-state index in [9.17, 15) is 10.1 Å². The molecule has 1 aromatic carbocycles. The molecule has 0 saturated carbocycles. The second-order valence-electron chi connectivity index (χ2n) is 3.77. The molecule has 0 atom stereocenters. The number of nitro groups is 1. The van der Waals surface area contributed by atoms with Gasteiger partial charge in [-0.25, -0.2) is 10.8 Å². The van der Waals surface area contributed by atoms with Gasteiger partial charge in [0.05, 0.1) is 4.92 Å². The molecule has 2 rings (SSSR count). The van der Waals surface area contributed by atoms with E-state index in [1.807, 2.05) is 24.3 Å². The van der Waals surface area contributed by atoms with Gasteiger partial charge in [0.2, 0.25) is 11.8 Å². The monoisotopic (exact) mass is 338 g/mol. The maximum absolute atomic E-state index is 10.9. The summed E-state index contributed by atoms with van der Waals surface area (Å²) in [7, 11) is 0. The van der Waals surface area contributed by atoms with Crippen molar-refractivity contribution in [2.75, 3.05) is 10.7 Å². The lowest BCUT2D eigenvalue weighted by atomic mass is 10.2. The minimum absolute atomic E-state index is 0.102. The van der Waals surface area contributed by atoms with Gasteiger partial charge >= 0.3 is 5.69 Å². The molecule has 2 aromatic rings. The SMILES string of the molecule is NNc1ncc([N+](=O)[O-])c(NCc2ccccc2Br)n1. The van der Waals surface area contributed by atoms with Crippen LogP contribution in [0.5, 0.6) is 0 Å². The molecule has 0 radical (unpaired) electrons. The van der Waals surface area contributed by atoms with E-state index in [0.29, 0.717) is 6.54 Å². The molecule has 20 heavy (non-hydrogen) atoms. The first-order valence-corrected chi connectivity index (χ1v) is 6.36. The number of aromatic nitrogens is 2. The van der Waals surface area contributed by atoms with Crippen LogP contribution in [-0.2, 0) is 6.54 Å². The van der Waals surface area contributed by atoms with Gasteiger partial charge in [-0.15, -0.1) is 0 Å². The smallest absolute Gasteiger partial charge is 0.329 e. The summed E-state index contributed by atoms with van der Waals surface area (Å²) in [5.41, 5.74) is 2.98. The van der Waals surface area contributed by atoms with Crippen molar-refractivity contribution in [2.24, 2.45) is 5.84 Å². The predicted molar refractivity (Wildman–Crippen MR) is 78.0 cm³/mol. The van der Waals surface area contributed by atoms with Crippen LogP contribution in [0.1, 0.15) is 5.56 Å². The molecule has 8 nitrogen and oxygen atoms in total. The van der Waals surface area contributed by atoms with Crippen LogP contribution in [0.2, 0.25) is 0 Å². The summed E-state index contributed by atoms with van der Waals surface area (Å²) in [6, 6.07) is 7.55. The van der Waals surface area contributed by atoms with Crippen LogP contribution < -0.4 is 16.6 Å². The zero-order valence-corrected chi connectivity index (χ0v) is 11.8. The van der Waals surface area contributed by atoms with Crippen LogP contribution >= 0.6 is 15.9 Å². The Morgan fingerprint density at radius 1 is 1.40 bits per heavy atom. The number of rotatable bonds is 5. The Morgan fingerprint density at radius 2 is 2.15 bits per heavy atom. The molecule has 0 aliphatic heterocycles. The highest BCUT2D eigenvalue weighted by Crippen LogP contribution is 2.23. The molecular formula is C11H11BrN6O2. The molecule has 0 fully saturated rings. The normalized spacial score (nSPS) is 10.1. The lowest BCUT2D eigenvalue weighted by molar-refractivity contribution is -0.384. The average molecular weight is 339 g/mol. The standard InChI is InChI=1S/C11H11BrN6O2/c12-8-4-2-1-3-7(8)5-14-10-9(18(19)20)6-15-11(16-10)17-13/h1-4,6H,5,13H2,(H2,14,15,16,17). The van der Waals surface area contributed by atoms with E-state index in [-0.39, 0.29) is 17.5 Å². The van der Waals surface area contributed by atoms with Crippen molar-refractivity contribution in [3.8, 4) is 0 Å². The molecule has 0 amide bonds. The van der Waals surface area contributed by atoms with Gasteiger partial charge in [0.1, 0.15) is 6.20 Å².